The number of benzene rings is 1. The summed E-state index contributed by atoms with van der Waals surface area (Å²) in [5.41, 5.74) is 6.11. The highest BCUT2D eigenvalue weighted by Crippen LogP contribution is 2.28. The summed E-state index contributed by atoms with van der Waals surface area (Å²) in [4.78, 5) is 24.8. The van der Waals surface area contributed by atoms with E-state index in [-0.39, 0.29) is 23.3 Å². The highest BCUT2D eigenvalue weighted by molar-refractivity contribution is 5.99. The Morgan fingerprint density at radius 2 is 2.10 bits per heavy atom. The number of nitrogens with zero attached hydrogens (tertiary/aromatic N) is 2. The highest BCUT2D eigenvalue weighted by Gasteiger charge is 2.35. The summed E-state index contributed by atoms with van der Waals surface area (Å²) in [5, 5.41) is 13.7. The zero-order chi connectivity index (χ0) is 15.0. The zero-order valence-electron chi connectivity index (χ0n) is 11.6. The van der Waals surface area contributed by atoms with Crippen LogP contribution in [0.2, 0.25) is 0 Å². The summed E-state index contributed by atoms with van der Waals surface area (Å²) < 4.78 is 0. The number of hydrogen-bond donors (Lipinski definition) is 2. The minimum Gasteiger partial charge on any atom is -0.398 e. The minimum absolute atomic E-state index is 0.105. The standard InChI is InChI=1S/C14H18N4O3/c15-12-7-10(18(20)21)1-2-11(12)14(19)16-13-8-17-5-3-9(13)4-6-17/h1-2,7,9,13H,3-6,8,15H2,(H,16,19). The molecule has 112 valence electrons. The van der Waals surface area contributed by atoms with Gasteiger partial charge in [-0.3, -0.25) is 14.9 Å². The molecule has 0 saturated carbocycles. The van der Waals surface area contributed by atoms with Crippen LogP contribution >= 0.6 is 0 Å². The molecule has 1 atom stereocenters. The fraction of sp³-hybridized carbons (Fsp3) is 0.500. The number of non-ortho nitro benzene ring substituents is 1. The Bertz CT molecular complexity index is 582. The number of carbonyl (C=O) groups excluding carboxylic acids is 1. The van der Waals surface area contributed by atoms with Gasteiger partial charge in [-0.25, -0.2) is 0 Å². The van der Waals surface area contributed by atoms with Crippen molar-refractivity contribution in [1.82, 2.24) is 10.2 Å². The van der Waals surface area contributed by atoms with Crippen LogP contribution in [0.25, 0.3) is 0 Å². The smallest absolute Gasteiger partial charge is 0.271 e. The number of carbonyl (C=O) groups is 1. The summed E-state index contributed by atoms with van der Waals surface area (Å²) in [7, 11) is 0. The largest absolute Gasteiger partial charge is 0.398 e. The molecule has 7 heteroatoms. The van der Waals surface area contributed by atoms with Gasteiger partial charge in [-0.05, 0) is 37.9 Å². The number of fused-ring (bicyclic) bond motifs is 3. The van der Waals surface area contributed by atoms with Crippen LogP contribution in [0.1, 0.15) is 23.2 Å². The zero-order valence-corrected chi connectivity index (χ0v) is 11.6. The van der Waals surface area contributed by atoms with Crippen molar-refractivity contribution in [2.45, 2.75) is 18.9 Å². The molecule has 0 radical (unpaired) electrons. The lowest BCUT2D eigenvalue weighted by atomic mass is 9.84. The number of nitrogens with two attached hydrogens (primary N) is 1. The Labute approximate surface area is 122 Å². The van der Waals surface area contributed by atoms with E-state index in [1.165, 1.54) is 18.2 Å². The molecule has 1 aromatic rings. The van der Waals surface area contributed by atoms with Crippen LogP contribution in [0, 0.1) is 16.0 Å². The van der Waals surface area contributed by atoms with Gasteiger partial charge in [0.1, 0.15) is 0 Å². The van der Waals surface area contributed by atoms with Crippen molar-refractivity contribution in [1.29, 1.82) is 0 Å². The van der Waals surface area contributed by atoms with Crippen molar-refractivity contribution >= 4 is 17.3 Å². The molecule has 7 nitrogen and oxygen atoms in total. The second-order valence-corrected chi connectivity index (χ2v) is 5.75. The quantitative estimate of drug-likeness (QED) is 0.491. The predicted molar refractivity (Wildman–Crippen MR) is 77.9 cm³/mol. The number of amides is 1. The number of nitrogens with one attached hydrogen (secondary N) is 1. The van der Waals surface area contributed by atoms with Crippen molar-refractivity contribution in [3.05, 3.63) is 33.9 Å². The average Bonchev–Trinajstić information content (AvgIpc) is 2.48. The number of rotatable bonds is 3. The molecule has 21 heavy (non-hydrogen) atoms. The Morgan fingerprint density at radius 3 is 2.62 bits per heavy atom. The van der Waals surface area contributed by atoms with E-state index in [0.717, 1.165) is 32.5 Å². The minimum atomic E-state index is -0.522. The summed E-state index contributed by atoms with van der Waals surface area (Å²) in [6, 6.07) is 4.10. The van der Waals surface area contributed by atoms with E-state index < -0.39 is 4.92 Å². The van der Waals surface area contributed by atoms with Gasteiger partial charge in [-0.1, -0.05) is 0 Å². The van der Waals surface area contributed by atoms with Crippen LogP contribution in [0.5, 0.6) is 0 Å². The molecule has 3 fully saturated rings. The molecule has 3 aliphatic rings. The van der Waals surface area contributed by atoms with Gasteiger partial charge < -0.3 is 16.0 Å². The van der Waals surface area contributed by atoms with Crippen molar-refractivity contribution in [3.8, 4) is 0 Å². The first-order chi connectivity index (χ1) is 10.0. The fourth-order valence-electron chi connectivity index (χ4n) is 3.25. The van der Waals surface area contributed by atoms with Gasteiger partial charge in [0.15, 0.2) is 0 Å². The molecule has 2 bridgehead atoms. The maximum absolute atomic E-state index is 12.3. The molecule has 3 aliphatic heterocycles. The average molecular weight is 290 g/mol. The second-order valence-electron chi connectivity index (χ2n) is 5.75. The van der Waals surface area contributed by atoms with Crippen LogP contribution in [0.3, 0.4) is 0 Å². The van der Waals surface area contributed by atoms with Gasteiger partial charge in [0.05, 0.1) is 16.2 Å². The van der Waals surface area contributed by atoms with Gasteiger partial charge in [0, 0.05) is 24.7 Å². The van der Waals surface area contributed by atoms with Crippen LogP contribution in [-0.4, -0.2) is 41.4 Å². The number of piperidine rings is 3. The van der Waals surface area contributed by atoms with Gasteiger partial charge >= 0.3 is 0 Å². The molecule has 4 rings (SSSR count). The number of hydrogen-bond acceptors (Lipinski definition) is 5. The normalized spacial score (nSPS) is 27.3. The van der Waals surface area contributed by atoms with Crippen molar-refractivity contribution in [3.63, 3.8) is 0 Å². The number of anilines is 1. The van der Waals surface area contributed by atoms with Gasteiger partial charge in [0.2, 0.25) is 0 Å². The first-order valence-corrected chi connectivity index (χ1v) is 7.12. The number of nitro benzene ring substituents is 1. The van der Waals surface area contributed by atoms with Gasteiger partial charge in [-0.2, -0.15) is 0 Å². The number of nitro groups is 1. The lowest BCUT2D eigenvalue weighted by Gasteiger charge is -2.44. The molecule has 1 amide bonds. The molecule has 3 N–H and O–H groups in total. The van der Waals surface area contributed by atoms with E-state index in [4.69, 9.17) is 5.73 Å². The van der Waals surface area contributed by atoms with Crippen LogP contribution in [0.15, 0.2) is 18.2 Å². The van der Waals surface area contributed by atoms with E-state index in [1.54, 1.807) is 0 Å². The predicted octanol–water partition coefficient (Wildman–Crippen LogP) is 1.00. The monoisotopic (exact) mass is 290 g/mol. The lowest BCUT2D eigenvalue weighted by molar-refractivity contribution is -0.384. The molecule has 3 saturated heterocycles. The highest BCUT2D eigenvalue weighted by atomic mass is 16.6. The Morgan fingerprint density at radius 1 is 1.38 bits per heavy atom. The number of nitrogen functional groups attached to an aromatic ring is 1. The Balaban J connectivity index is 1.72. The molecule has 3 heterocycles. The maximum Gasteiger partial charge on any atom is 0.271 e. The first-order valence-electron chi connectivity index (χ1n) is 7.12. The van der Waals surface area contributed by atoms with E-state index in [9.17, 15) is 14.9 Å². The van der Waals surface area contributed by atoms with E-state index >= 15 is 0 Å². The van der Waals surface area contributed by atoms with Crippen molar-refractivity contribution in [2.24, 2.45) is 5.92 Å². The molecule has 1 unspecified atom stereocenters. The maximum atomic E-state index is 12.3. The molecular formula is C14H18N4O3. The van der Waals surface area contributed by atoms with E-state index in [1.807, 2.05) is 0 Å². The van der Waals surface area contributed by atoms with Gasteiger partial charge in [0.25, 0.3) is 11.6 Å². The second kappa shape index (κ2) is 5.33. The van der Waals surface area contributed by atoms with Crippen molar-refractivity contribution < 1.29 is 9.72 Å². The summed E-state index contributed by atoms with van der Waals surface area (Å²) in [6.07, 6.45) is 2.22. The first kappa shape index (κ1) is 13.8. The molecule has 0 spiro atoms. The third kappa shape index (κ3) is 2.69. The molecule has 1 aromatic carbocycles. The molecule has 0 aromatic heterocycles. The van der Waals surface area contributed by atoms with Crippen LogP contribution in [0.4, 0.5) is 11.4 Å². The fourth-order valence-corrected chi connectivity index (χ4v) is 3.25. The lowest BCUT2D eigenvalue weighted by Crippen LogP contribution is -2.57. The molecular weight excluding hydrogens is 272 g/mol. The summed E-state index contributed by atoms with van der Waals surface area (Å²) >= 11 is 0. The van der Waals surface area contributed by atoms with Crippen LogP contribution in [-0.2, 0) is 0 Å². The third-order valence-electron chi connectivity index (χ3n) is 4.46. The van der Waals surface area contributed by atoms with E-state index in [2.05, 4.69) is 10.2 Å². The third-order valence-corrected chi connectivity index (χ3v) is 4.46. The summed E-state index contributed by atoms with van der Waals surface area (Å²) in [5.74, 6) is 0.277. The molecule has 0 aliphatic carbocycles. The SMILES string of the molecule is Nc1cc([N+](=O)[O-])ccc1C(=O)NC1CN2CCC1CC2. The van der Waals surface area contributed by atoms with Gasteiger partial charge in [-0.15, -0.1) is 0 Å². The van der Waals surface area contributed by atoms with Crippen LogP contribution < -0.4 is 11.1 Å². The topological polar surface area (TPSA) is 101 Å². The Hall–Kier alpha value is -2.15. The summed E-state index contributed by atoms with van der Waals surface area (Å²) in [6.45, 7) is 3.09. The van der Waals surface area contributed by atoms with E-state index in [0.29, 0.717) is 11.5 Å². The van der Waals surface area contributed by atoms with Crippen molar-refractivity contribution in [2.75, 3.05) is 25.4 Å². The Kier molecular flexibility index (Phi) is 3.50.